The maximum Gasteiger partial charge on any atom is 0.344 e. The maximum absolute atomic E-state index is 14.0. The summed E-state index contributed by atoms with van der Waals surface area (Å²) in [5.74, 6) is -1.43. The molecule has 46 heavy (non-hydrogen) atoms. The van der Waals surface area contributed by atoms with Crippen LogP contribution in [0, 0.1) is 0 Å². The quantitative estimate of drug-likeness (QED) is 0.168. The Hall–Kier alpha value is -5.89. The van der Waals surface area contributed by atoms with Crippen molar-refractivity contribution < 1.29 is 19.0 Å². The molecule has 0 aliphatic rings. The highest BCUT2D eigenvalue weighted by molar-refractivity contribution is 5.87. The van der Waals surface area contributed by atoms with Crippen molar-refractivity contribution in [3.63, 3.8) is 0 Å². The van der Waals surface area contributed by atoms with E-state index in [1.807, 2.05) is 65.2 Å². The molecule has 0 radical (unpaired) electrons. The molecular weight excluding hydrogens is 580 g/mol. The molecule has 7 rings (SSSR count). The predicted molar refractivity (Wildman–Crippen MR) is 177 cm³/mol. The molecule has 0 fully saturated rings. The highest BCUT2D eigenvalue weighted by Crippen LogP contribution is 2.46. The lowest BCUT2D eigenvalue weighted by atomic mass is 9.85. The van der Waals surface area contributed by atoms with Crippen LogP contribution in [-0.2, 0) is 6.54 Å². The van der Waals surface area contributed by atoms with Crippen LogP contribution in [0.5, 0.6) is 11.5 Å². The van der Waals surface area contributed by atoms with Gasteiger partial charge in [-0.25, -0.2) is 14.6 Å². The number of hydrogen-bond acceptors (Lipinski definition) is 7. The molecule has 0 aliphatic heterocycles. The average Bonchev–Trinajstić information content (AvgIpc) is 3.46. The Morgan fingerprint density at radius 2 is 1.15 bits per heavy atom. The van der Waals surface area contributed by atoms with Crippen LogP contribution in [0.4, 0.5) is 0 Å². The molecule has 8 heteroatoms. The smallest absolute Gasteiger partial charge is 0.344 e. The van der Waals surface area contributed by atoms with Crippen LogP contribution < -0.4 is 11.3 Å². The van der Waals surface area contributed by atoms with Crippen LogP contribution in [0.25, 0.3) is 44.6 Å². The summed E-state index contributed by atoms with van der Waals surface area (Å²) >= 11 is 0. The summed E-state index contributed by atoms with van der Waals surface area (Å²) < 4.78 is 13.5. The molecule has 3 aromatic heterocycles. The number of aromatic hydroxyl groups is 2. The number of benzene rings is 4. The van der Waals surface area contributed by atoms with E-state index in [0.29, 0.717) is 23.8 Å². The van der Waals surface area contributed by atoms with Gasteiger partial charge in [-0.2, -0.15) is 0 Å². The highest BCUT2D eigenvalue weighted by Gasteiger charge is 2.38. The van der Waals surface area contributed by atoms with E-state index in [-0.39, 0.29) is 44.6 Å². The fraction of sp³-hybridized carbons (Fsp3) is 0.132. The van der Waals surface area contributed by atoms with Gasteiger partial charge in [0.25, 0.3) is 0 Å². The summed E-state index contributed by atoms with van der Waals surface area (Å²) in [7, 11) is 0. The van der Waals surface area contributed by atoms with Crippen molar-refractivity contribution in [1.29, 1.82) is 0 Å². The molecule has 7 aromatic rings. The van der Waals surface area contributed by atoms with Crippen molar-refractivity contribution >= 4 is 21.9 Å². The van der Waals surface area contributed by atoms with Crippen molar-refractivity contribution in [1.82, 2.24) is 9.55 Å². The van der Waals surface area contributed by atoms with Crippen LogP contribution in [0.3, 0.4) is 0 Å². The van der Waals surface area contributed by atoms with Gasteiger partial charge in [0, 0.05) is 17.7 Å². The minimum Gasteiger partial charge on any atom is -0.507 e. The highest BCUT2D eigenvalue weighted by atomic mass is 16.4. The molecular formula is C38H30N2O6. The van der Waals surface area contributed by atoms with E-state index in [1.165, 1.54) is 0 Å². The van der Waals surface area contributed by atoms with Crippen LogP contribution in [0.15, 0.2) is 128 Å². The van der Waals surface area contributed by atoms with Crippen molar-refractivity contribution in [2.45, 2.75) is 32.2 Å². The van der Waals surface area contributed by atoms with Crippen LogP contribution in [-0.4, -0.2) is 19.8 Å². The zero-order valence-electron chi connectivity index (χ0n) is 25.0. The zero-order chi connectivity index (χ0) is 31.8. The summed E-state index contributed by atoms with van der Waals surface area (Å²) in [4.78, 5) is 33.2. The Morgan fingerprint density at radius 1 is 0.674 bits per heavy atom. The molecule has 3 heterocycles. The second kappa shape index (κ2) is 11.9. The molecule has 4 aromatic carbocycles. The van der Waals surface area contributed by atoms with E-state index in [0.717, 1.165) is 24.0 Å². The van der Waals surface area contributed by atoms with Gasteiger partial charge in [-0.15, -0.1) is 0 Å². The standard InChI is InChI=1S/C38H30N2O6/c1-2-3-22-40-33(32(23-14-6-4-7-15-23)39-36(40)24-16-8-5-9-17-24)29(30-34(41)25-18-10-12-20-27(25)45-37(30)43)31-35(42)26-19-11-13-21-28(26)46-38(31)44/h4-21,29,41-42H,2-3,22H2,1H3. The van der Waals surface area contributed by atoms with Crippen molar-refractivity contribution in [2.75, 3.05) is 0 Å². The van der Waals surface area contributed by atoms with E-state index in [4.69, 9.17) is 13.8 Å². The Labute approximate surface area is 263 Å². The number of nitrogens with zero attached hydrogens (tertiary/aromatic N) is 2. The molecule has 0 atom stereocenters. The van der Waals surface area contributed by atoms with E-state index < -0.39 is 17.2 Å². The Kier molecular flexibility index (Phi) is 7.46. The Bertz CT molecular complexity index is 2220. The maximum atomic E-state index is 14.0. The van der Waals surface area contributed by atoms with Crippen LogP contribution in [0.2, 0.25) is 0 Å². The molecule has 0 saturated carbocycles. The second-order valence-corrected chi connectivity index (χ2v) is 11.1. The summed E-state index contributed by atoms with van der Waals surface area (Å²) in [6.45, 7) is 2.55. The minimum absolute atomic E-state index is 0.190. The average molecular weight is 611 g/mol. The number of para-hydroxylation sites is 2. The van der Waals surface area contributed by atoms with Crippen molar-refractivity contribution in [3.05, 3.63) is 147 Å². The lowest BCUT2D eigenvalue weighted by Crippen LogP contribution is -2.24. The van der Waals surface area contributed by atoms with Gasteiger partial charge in [-0.3, -0.25) is 0 Å². The molecule has 0 spiro atoms. The molecule has 0 amide bonds. The third kappa shape index (κ3) is 4.84. The number of rotatable bonds is 8. The third-order valence-electron chi connectivity index (χ3n) is 8.31. The van der Waals surface area contributed by atoms with Gasteiger partial charge in [-0.05, 0) is 30.7 Å². The first-order valence-corrected chi connectivity index (χ1v) is 15.2. The Balaban J connectivity index is 1.68. The number of imidazole rings is 1. The van der Waals surface area contributed by atoms with E-state index in [1.54, 1.807) is 48.5 Å². The van der Waals surface area contributed by atoms with E-state index in [2.05, 4.69) is 6.92 Å². The zero-order valence-corrected chi connectivity index (χ0v) is 25.0. The lowest BCUT2D eigenvalue weighted by molar-refractivity contribution is 0.438. The van der Waals surface area contributed by atoms with E-state index >= 15 is 0 Å². The first kappa shape index (κ1) is 28.9. The number of aromatic nitrogens is 2. The summed E-state index contributed by atoms with van der Waals surface area (Å²) in [6.07, 6.45) is 1.60. The summed E-state index contributed by atoms with van der Waals surface area (Å²) in [5.41, 5.74) is 0.749. The SMILES string of the molecule is CCCCn1c(-c2ccccc2)nc(-c2ccccc2)c1C(c1c(O)c2ccccc2oc1=O)c1c(O)c2ccccc2oc1=O. The molecule has 2 N–H and O–H groups in total. The number of unbranched alkanes of at least 4 members (excludes halogenated alkanes) is 1. The molecule has 0 saturated heterocycles. The van der Waals surface area contributed by atoms with Gasteiger partial charge in [0.2, 0.25) is 0 Å². The fourth-order valence-corrected chi connectivity index (χ4v) is 6.14. The molecule has 0 bridgehead atoms. The number of hydrogen-bond donors (Lipinski definition) is 2. The molecule has 0 aliphatic carbocycles. The second-order valence-electron chi connectivity index (χ2n) is 11.1. The first-order valence-electron chi connectivity index (χ1n) is 15.2. The van der Waals surface area contributed by atoms with Gasteiger partial charge in [-0.1, -0.05) is 98.3 Å². The fourth-order valence-electron chi connectivity index (χ4n) is 6.14. The van der Waals surface area contributed by atoms with Gasteiger partial charge >= 0.3 is 11.3 Å². The minimum atomic E-state index is -1.33. The summed E-state index contributed by atoms with van der Waals surface area (Å²) in [5, 5.41) is 24.3. The predicted octanol–water partition coefficient (Wildman–Crippen LogP) is 7.82. The monoisotopic (exact) mass is 610 g/mol. The van der Waals surface area contributed by atoms with Crippen molar-refractivity contribution in [2.24, 2.45) is 0 Å². The number of fused-ring (bicyclic) bond motifs is 2. The normalized spacial score (nSPS) is 11.5. The summed E-state index contributed by atoms with van der Waals surface area (Å²) in [6, 6.07) is 32.4. The van der Waals surface area contributed by atoms with Gasteiger partial charge < -0.3 is 23.6 Å². The van der Waals surface area contributed by atoms with Gasteiger partial charge in [0.15, 0.2) is 0 Å². The van der Waals surface area contributed by atoms with Crippen molar-refractivity contribution in [3.8, 4) is 34.1 Å². The van der Waals surface area contributed by atoms with E-state index in [9.17, 15) is 19.8 Å². The lowest BCUT2D eigenvalue weighted by Gasteiger charge is -2.23. The molecule has 0 unspecified atom stereocenters. The van der Waals surface area contributed by atoms with Crippen LogP contribution >= 0.6 is 0 Å². The molecule has 8 nitrogen and oxygen atoms in total. The van der Waals surface area contributed by atoms with Crippen LogP contribution in [0.1, 0.15) is 42.5 Å². The Morgan fingerprint density at radius 3 is 1.67 bits per heavy atom. The third-order valence-corrected chi connectivity index (χ3v) is 8.31. The van der Waals surface area contributed by atoms with Gasteiger partial charge in [0.1, 0.15) is 28.5 Å². The first-order chi connectivity index (χ1) is 22.5. The largest absolute Gasteiger partial charge is 0.507 e. The molecule has 228 valence electrons. The van der Waals surface area contributed by atoms with Gasteiger partial charge in [0.05, 0.1) is 39.2 Å². The topological polar surface area (TPSA) is 119 Å².